The molecular weight excluding hydrogens is 464 g/mol. The van der Waals surface area contributed by atoms with E-state index in [1.807, 2.05) is 24.1 Å². The van der Waals surface area contributed by atoms with Gasteiger partial charge in [0.15, 0.2) is 0 Å². The molecular formula is C29H38N6O2. The zero-order valence-electron chi connectivity index (χ0n) is 22.1. The van der Waals surface area contributed by atoms with E-state index in [4.69, 9.17) is 9.72 Å². The summed E-state index contributed by atoms with van der Waals surface area (Å²) in [5.74, 6) is 3.72. The third-order valence-electron chi connectivity index (χ3n) is 10.1. The molecule has 0 bridgehead atoms. The van der Waals surface area contributed by atoms with Crippen molar-refractivity contribution in [2.45, 2.75) is 43.2 Å². The number of likely N-dealkylation sites (N-methyl/N-ethyl adjacent to an activating group) is 2. The van der Waals surface area contributed by atoms with Crippen LogP contribution in [0.25, 0.3) is 0 Å². The highest BCUT2D eigenvalue weighted by Crippen LogP contribution is 2.66. The van der Waals surface area contributed by atoms with Gasteiger partial charge in [0.2, 0.25) is 5.91 Å². The number of carbonyl (C=O) groups excluding carboxylic acids is 1. The Balaban J connectivity index is 1.04. The second kappa shape index (κ2) is 8.68. The predicted octanol–water partition coefficient (Wildman–Crippen LogP) is 2.71. The maximum absolute atomic E-state index is 13.5. The fourth-order valence-electron chi connectivity index (χ4n) is 7.82. The average molecular weight is 503 g/mol. The minimum absolute atomic E-state index is 0.268. The molecule has 8 heteroatoms. The zero-order chi connectivity index (χ0) is 25.3. The predicted molar refractivity (Wildman–Crippen MR) is 144 cm³/mol. The molecule has 196 valence electrons. The van der Waals surface area contributed by atoms with Crippen molar-refractivity contribution in [1.29, 1.82) is 0 Å². The number of carbonyl (C=O) groups is 1. The van der Waals surface area contributed by atoms with Crippen molar-refractivity contribution in [2.24, 2.45) is 17.8 Å². The van der Waals surface area contributed by atoms with Crippen molar-refractivity contribution in [1.82, 2.24) is 20.7 Å². The maximum Gasteiger partial charge on any atom is 0.237 e. The van der Waals surface area contributed by atoms with E-state index in [-0.39, 0.29) is 17.4 Å². The van der Waals surface area contributed by atoms with Crippen molar-refractivity contribution in [3.05, 3.63) is 47.7 Å². The molecule has 8 nitrogen and oxygen atoms in total. The number of aromatic nitrogens is 1. The molecule has 1 aromatic carbocycles. The molecule has 4 heterocycles. The molecule has 2 saturated carbocycles. The van der Waals surface area contributed by atoms with Crippen LogP contribution in [0.15, 0.2) is 36.5 Å². The number of pyridine rings is 1. The molecule has 0 radical (unpaired) electrons. The van der Waals surface area contributed by atoms with E-state index in [2.05, 4.69) is 52.1 Å². The lowest BCUT2D eigenvalue weighted by molar-refractivity contribution is -0.120. The van der Waals surface area contributed by atoms with Gasteiger partial charge in [-0.1, -0.05) is 6.07 Å². The van der Waals surface area contributed by atoms with Crippen molar-refractivity contribution in [3.8, 4) is 5.75 Å². The van der Waals surface area contributed by atoms with Gasteiger partial charge in [-0.05, 0) is 85.9 Å². The van der Waals surface area contributed by atoms with E-state index < -0.39 is 0 Å². The summed E-state index contributed by atoms with van der Waals surface area (Å²) >= 11 is 0. The van der Waals surface area contributed by atoms with Gasteiger partial charge < -0.3 is 19.4 Å². The first-order chi connectivity index (χ1) is 18.0. The summed E-state index contributed by atoms with van der Waals surface area (Å²) in [5.41, 5.74) is 10.4. The molecule has 37 heavy (non-hydrogen) atoms. The summed E-state index contributed by atoms with van der Waals surface area (Å²) in [5, 5.41) is 0. The van der Waals surface area contributed by atoms with E-state index in [9.17, 15) is 4.79 Å². The van der Waals surface area contributed by atoms with Crippen LogP contribution in [0.4, 0.5) is 11.5 Å². The second-order valence-electron chi connectivity index (χ2n) is 11.9. The van der Waals surface area contributed by atoms with Crippen LogP contribution in [0, 0.1) is 17.8 Å². The summed E-state index contributed by atoms with van der Waals surface area (Å²) in [7, 11) is 5.80. The van der Waals surface area contributed by atoms with Gasteiger partial charge in [0.1, 0.15) is 11.6 Å². The number of nitrogens with zero attached hydrogens (tertiary/aromatic N) is 4. The van der Waals surface area contributed by atoms with E-state index in [1.54, 1.807) is 7.11 Å². The first kappa shape index (κ1) is 23.4. The Bertz CT molecular complexity index is 1200. The molecule has 4 unspecified atom stereocenters. The van der Waals surface area contributed by atoms with Gasteiger partial charge in [-0.2, -0.15) is 0 Å². The molecule has 7 rings (SSSR count). The number of fused-ring (bicyclic) bond motifs is 3. The van der Waals surface area contributed by atoms with Crippen molar-refractivity contribution in [3.63, 3.8) is 0 Å². The minimum atomic E-state index is -0.343. The molecule has 2 aromatic rings. The number of nitrogens with one attached hydrogen (secondary N) is 2. The van der Waals surface area contributed by atoms with E-state index in [0.29, 0.717) is 23.8 Å². The molecule has 1 spiro atoms. The molecule has 1 amide bonds. The van der Waals surface area contributed by atoms with Gasteiger partial charge >= 0.3 is 0 Å². The Morgan fingerprint density at radius 2 is 1.89 bits per heavy atom. The smallest absolute Gasteiger partial charge is 0.237 e. The van der Waals surface area contributed by atoms with E-state index in [0.717, 1.165) is 56.3 Å². The Kier molecular flexibility index (Phi) is 5.50. The largest absolute Gasteiger partial charge is 0.497 e. The van der Waals surface area contributed by atoms with Crippen LogP contribution in [0.1, 0.15) is 42.9 Å². The Morgan fingerprint density at radius 1 is 1.05 bits per heavy atom. The van der Waals surface area contributed by atoms with Crippen LogP contribution < -0.4 is 25.4 Å². The van der Waals surface area contributed by atoms with Gasteiger partial charge in [-0.15, -0.1) is 0 Å². The van der Waals surface area contributed by atoms with Gasteiger partial charge in [-0.25, -0.2) is 10.4 Å². The summed E-state index contributed by atoms with van der Waals surface area (Å²) < 4.78 is 5.51. The summed E-state index contributed by atoms with van der Waals surface area (Å²) in [6.07, 6.45) is 6.50. The molecule has 2 saturated heterocycles. The highest BCUT2D eigenvalue weighted by atomic mass is 16.5. The SMILES string of the molecule is COc1ccc2c(c1)[C@]1(C[C@H]1C1CCC3C(C1)NNC3c1ccc(N3CCN(C)CC3)nc1)C(=O)N2C. The number of hydrogen-bond donors (Lipinski definition) is 2. The van der Waals surface area contributed by atoms with Gasteiger partial charge in [0.05, 0.1) is 18.6 Å². The summed E-state index contributed by atoms with van der Waals surface area (Å²) in [4.78, 5) is 24.9. The van der Waals surface area contributed by atoms with Crippen LogP contribution >= 0.6 is 0 Å². The number of anilines is 2. The molecule has 6 atom stereocenters. The first-order valence-corrected chi connectivity index (χ1v) is 13.9. The molecule has 3 aliphatic heterocycles. The lowest BCUT2D eigenvalue weighted by Gasteiger charge is -2.34. The quantitative estimate of drug-likeness (QED) is 0.666. The number of methoxy groups -OCH3 is 1. The highest BCUT2D eigenvalue weighted by molar-refractivity contribution is 6.10. The van der Waals surface area contributed by atoms with Crippen molar-refractivity contribution < 1.29 is 9.53 Å². The van der Waals surface area contributed by atoms with Crippen LogP contribution in [0.5, 0.6) is 5.75 Å². The standard InChI is InChI=1S/C29H38N6O2/c1-33-10-12-35(13-11-33)26-9-5-19(17-30-26)27-21-7-4-18(14-24(21)31-32-27)23-16-29(23)22-15-20(37-3)6-8-25(22)34(2)28(29)36/h5-6,8-9,15,17-18,21,23-24,27,31-32H,4,7,10-14,16H2,1-3H3/t18?,21?,23-,24?,27?,29-/m0/s1. The Hall–Kier alpha value is -2.68. The number of benzene rings is 1. The van der Waals surface area contributed by atoms with Gasteiger partial charge in [0.25, 0.3) is 0 Å². The van der Waals surface area contributed by atoms with Crippen LogP contribution in [0.2, 0.25) is 0 Å². The lowest BCUT2D eigenvalue weighted by atomic mass is 9.72. The minimum Gasteiger partial charge on any atom is -0.497 e. The Morgan fingerprint density at radius 3 is 2.65 bits per heavy atom. The van der Waals surface area contributed by atoms with E-state index in [1.165, 1.54) is 24.0 Å². The topological polar surface area (TPSA) is 73.0 Å². The maximum atomic E-state index is 13.5. The fourth-order valence-corrected chi connectivity index (χ4v) is 7.82. The number of amides is 1. The molecule has 2 N–H and O–H groups in total. The van der Waals surface area contributed by atoms with Crippen LogP contribution in [-0.2, 0) is 10.2 Å². The second-order valence-corrected chi connectivity index (χ2v) is 11.9. The fraction of sp³-hybridized carbons (Fsp3) is 0.586. The van der Waals surface area contributed by atoms with Crippen molar-refractivity contribution >= 4 is 17.4 Å². The third kappa shape index (κ3) is 3.60. The molecule has 1 aromatic heterocycles. The summed E-state index contributed by atoms with van der Waals surface area (Å²) in [6, 6.07) is 11.3. The number of piperazine rings is 1. The third-order valence-corrected chi connectivity index (χ3v) is 10.1. The average Bonchev–Trinajstić information content (AvgIpc) is 3.50. The number of hydrogen-bond acceptors (Lipinski definition) is 7. The normalized spacial score (nSPS) is 35.1. The van der Waals surface area contributed by atoms with Gasteiger partial charge in [-0.3, -0.25) is 10.2 Å². The molecule has 4 fully saturated rings. The lowest BCUT2D eigenvalue weighted by Crippen LogP contribution is -2.44. The molecule has 2 aliphatic carbocycles. The summed E-state index contributed by atoms with van der Waals surface area (Å²) in [6.45, 7) is 4.25. The van der Waals surface area contributed by atoms with Crippen LogP contribution in [-0.4, -0.2) is 69.2 Å². The monoisotopic (exact) mass is 502 g/mol. The Labute approximate surface area is 219 Å². The highest BCUT2D eigenvalue weighted by Gasteiger charge is 2.68. The molecule has 5 aliphatic rings. The van der Waals surface area contributed by atoms with Crippen LogP contribution in [0.3, 0.4) is 0 Å². The zero-order valence-corrected chi connectivity index (χ0v) is 22.1. The van der Waals surface area contributed by atoms with E-state index >= 15 is 0 Å². The van der Waals surface area contributed by atoms with Gasteiger partial charge in [0, 0.05) is 51.2 Å². The number of ether oxygens (including phenoxy) is 1. The van der Waals surface area contributed by atoms with Crippen molar-refractivity contribution in [2.75, 3.05) is 57.2 Å². The first-order valence-electron chi connectivity index (χ1n) is 13.9. The number of hydrazine groups is 1. The number of rotatable bonds is 4.